The number of alkyl halides is 1. The molecule has 0 aliphatic heterocycles. The fraction of sp³-hybridized carbons (Fsp3) is 0.750. The highest BCUT2D eigenvalue weighted by Crippen LogP contribution is 2.03. The van der Waals surface area contributed by atoms with Crippen LogP contribution >= 0.6 is 15.9 Å². The first-order chi connectivity index (χ1) is 6.40. The number of halogens is 1. The molecule has 0 saturated heterocycles. The molecule has 0 radical (unpaired) electrons. The van der Waals surface area contributed by atoms with Gasteiger partial charge in [-0.05, 0) is 5.92 Å². The Kier molecular flexibility index (Phi) is 4.82. The predicted octanol–water partition coefficient (Wildman–Crippen LogP) is 0.695. The summed E-state index contributed by atoms with van der Waals surface area (Å²) in [7, 11) is 1.26. The topological polar surface area (TPSA) is 55.4 Å². The summed E-state index contributed by atoms with van der Waals surface area (Å²) < 4.78 is 11.6. The van der Waals surface area contributed by atoms with E-state index in [0.29, 0.717) is 0 Å². The monoisotopic (exact) mass is 252 g/mol. The molecule has 0 heterocycles. The number of methoxy groups -OCH3 is 1. The Morgan fingerprint density at radius 1 is 1.62 bits per heavy atom. The van der Waals surface area contributed by atoms with Crippen molar-refractivity contribution in [2.75, 3.05) is 12.4 Å². The lowest BCUT2D eigenvalue weighted by molar-refractivity contribution is -0.146. The van der Waals surface area contributed by atoms with Crippen LogP contribution in [0.2, 0.25) is 0 Å². The van der Waals surface area contributed by atoms with Crippen molar-refractivity contribution in [2.45, 2.75) is 19.9 Å². The van der Waals surface area contributed by atoms with Gasteiger partial charge in [-0.3, -0.25) is 4.79 Å². The molecular weight excluding hydrogens is 238 g/mol. The van der Waals surface area contributed by atoms with E-state index < -0.39 is 23.2 Å². The number of nitrogens with one attached hydrogen (secondary N) is 1. The predicted molar refractivity (Wildman–Crippen MR) is 52.6 cm³/mol. The zero-order chi connectivity index (χ0) is 11.3. The van der Waals surface area contributed by atoms with Crippen molar-refractivity contribution in [1.82, 2.24) is 5.32 Å². The molecule has 1 amide bonds. The van der Waals surface area contributed by atoms with Crippen LogP contribution in [0.25, 0.3) is 0 Å². The maximum Gasteiger partial charge on any atom is 0.328 e. The lowest BCUT2D eigenvalue weighted by Gasteiger charge is -2.18. The van der Waals surface area contributed by atoms with Gasteiger partial charge in [0.05, 0.1) is 12.4 Å². The summed E-state index contributed by atoms with van der Waals surface area (Å²) in [6, 6.07) is -0.696. The van der Waals surface area contributed by atoms with Crippen LogP contribution in [-0.4, -0.2) is 30.3 Å². The summed E-state index contributed by atoms with van der Waals surface area (Å²) in [5.41, 5.74) is 0. The Morgan fingerprint density at radius 3 is 2.46 bits per heavy atom. The molecule has 1 N–H and O–H groups in total. The number of hydrogen-bond donors (Lipinski definition) is 1. The third-order valence-electron chi connectivity index (χ3n) is 1.52. The van der Waals surface area contributed by atoms with Gasteiger partial charge in [0.1, 0.15) is 6.04 Å². The molecule has 0 aromatic carbocycles. The average Bonchev–Trinajstić information content (AvgIpc) is 2.11. The zero-order valence-corrected chi connectivity index (χ0v) is 9.42. The molecule has 0 rings (SSSR count). The summed E-state index contributed by atoms with van der Waals surface area (Å²) >= 11 is 2.79. The molecule has 0 aromatic heterocycles. The van der Waals surface area contributed by atoms with E-state index in [1.807, 2.05) is 0 Å². The normalized spacial score (nSPS) is 15.9. The first-order valence-corrected chi connectivity index (χ1v) is 4.76. The fourth-order valence-corrected chi connectivity index (χ4v) is 0.942. The molecule has 0 aliphatic carbocycles. The van der Waals surface area contributed by atoms with E-state index in [1.165, 1.54) is 7.11 Å². The number of ether oxygens (including phenoxy) is 1. The number of rotatable bonds is 4. The quantitative estimate of drug-likeness (QED) is 0.592. The van der Waals surface area contributed by atoms with Gasteiger partial charge >= 0.3 is 5.97 Å². The molecule has 0 aliphatic rings. The number of esters is 1. The van der Waals surface area contributed by atoms with Crippen molar-refractivity contribution < 1.29 is 15.7 Å². The second kappa shape index (κ2) is 5.96. The third kappa shape index (κ3) is 4.26. The molecule has 0 fully saturated rings. The van der Waals surface area contributed by atoms with E-state index >= 15 is 0 Å². The number of carbonyl (C=O) groups excluding carboxylic acids is 2. The maximum absolute atomic E-state index is 11.2. The molecule has 5 heteroatoms. The van der Waals surface area contributed by atoms with Gasteiger partial charge in [-0.25, -0.2) is 4.79 Å². The minimum absolute atomic E-state index is 0.0716. The standard InChI is InChI=1S/C8H14BrNO3/c1-5(2)7(8(12)13-3)10-6(11)4-9/h5,7H,4H2,1-3H3,(H,10,11)/t7-/m0/s1/i4D/t4?,7-. The third-order valence-corrected chi connectivity index (χ3v) is 1.93. The highest BCUT2D eigenvalue weighted by atomic mass is 79.9. The summed E-state index contributed by atoms with van der Waals surface area (Å²) in [6.07, 6.45) is 0. The van der Waals surface area contributed by atoms with Crippen molar-refractivity contribution in [3.05, 3.63) is 0 Å². The number of carbonyl (C=O) groups is 2. The molecule has 76 valence electrons. The number of amides is 1. The Balaban J connectivity index is 4.38. The Labute approximate surface area is 87.6 Å². The second-order valence-electron chi connectivity index (χ2n) is 2.86. The summed E-state index contributed by atoms with van der Waals surface area (Å²) in [5, 5.41) is 1.36. The molecule has 4 nitrogen and oxygen atoms in total. The van der Waals surface area contributed by atoms with Crippen LogP contribution in [0.1, 0.15) is 15.2 Å². The van der Waals surface area contributed by atoms with Gasteiger partial charge in [0.15, 0.2) is 0 Å². The first kappa shape index (κ1) is 10.5. The van der Waals surface area contributed by atoms with Crippen molar-refractivity contribution in [3.8, 4) is 0 Å². The van der Waals surface area contributed by atoms with Crippen LogP contribution in [0.4, 0.5) is 0 Å². The molecule has 0 saturated carbocycles. The van der Waals surface area contributed by atoms with E-state index in [-0.39, 0.29) is 5.92 Å². The average molecular weight is 253 g/mol. The second-order valence-corrected chi connectivity index (χ2v) is 3.32. The largest absolute Gasteiger partial charge is 0.467 e. The summed E-state index contributed by atoms with van der Waals surface area (Å²) in [5.74, 6) is -1.12. The van der Waals surface area contributed by atoms with Gasteiger partial charge in [-0.15, -0.1) is 0 Å². The van der Waals surface area contributed by atoms with Gasteiger partial charge in [-0.2, -0.15) is 0 Å². The van der Waals surface area contributed by atoms with E-state index in [2.05, 4.69) is 26.0 Å². The smallest absolute Gasteiger partial charge is 0.328 e. The van der Waals surface area contributed by atoms with Crippen molar-refractivity contribution in [2.24, 2.45) is 5.92 Å². The van der Waals surface area contributed by atoms with E-state index in [0.717, 1.165) is 0 Å². The Hall–Kier alpha value is -0.580. The van der Waals surface area contributed by atoms with E-state index in [4.69, 9.17) is 1.37 Å². The molecule has 2 atom stereocenters. The maximum atomic E-state index is 11.2. The molecule has 1 unspecified atom stereocenters. The SMILES string of the molecule is [2H]C(Br)C(=O)N[C@H](C(=O)OC)C(C)C. The zero-order valence-electron chi connectivity index (χ0n) is 8.83. The van der Waals surface area contributed by atoms with Crippen molar-refractivity contribution in [1.29, 1.82) is 0 Å². The Bertz CT molecular complexity index is 221. The molecule has 0 aromatic rings. The first-order valence-electron chi connectivity index (χ1n) is 4.42. The van der Waals surface area contributed by atoms with Crippen molar-refractivity contribution in [3.63, 3.8) is 0 Å². The van der Waals surface area contributed by atoms with Crippen LogP contribution in [0, 0.1) is 5.92 Å². The van der Waals surface area contributed by atoms with Gasteiger partial charge in [0.25, 0.3) is 0 Å². The lowest BCUT2D eigenvalue weighted by atomic mass is 10.1. The van der Waals surface area contributed by atoms with Gasteiger partial charge < -0.3 is 10.1 Å². The highest BCUT2D eigenvalue weighted by Gasteiger charge is 2.24. The Morgan fingerprint density at radius 2 is 2.15 bits per heavy atom. The lowest BCUT2D eigenvalue weighted by Crippen LogP contribution is -2.45. The minimum atomic E-state index is -1.06. The van der Waals surface area contributed by atoms with Gasteiger partial charge in [0, 0.05) is 1.37 Å². The summed E-state index contributed by atoms with van der Waals surface area (Å²) in [6.45, 7) is 3.57. The highest BCUT2D eigenvalue weighted by molar-refractivity contribution is 9.09. The molecule has 0 bridgehead atoms. The van der Waals surface area contributed by atoms with Crippen LogP contribution in [-0.2, 0) is 14.3 Å². The minimum Gasteiger partial charge on any atom is -0.467 e. The fourth-order valence-electron chi connectivity index (χ4n) is 0.809. The van der Waals surface area contributed by atoms with Crippen molar-refractivity contribution >= 4 is 27.8 Å². The summed E-state index contributed by atoms with van der Waals surface area (Å²) in [4.78, 5) is 22.3. The van der Waals surface area contributed by atoms with E-state index in [9.17, 15) is 9.59 Å². The van der Waals surface area contributed by atoms with Gasteiger partial charge in [-0.1, -0.05) is 29.8 Å². The van der Waals surface area contributed by atoms with Crippen LogP contribution in [0.15, 0.2) is 0 Å². The molecule has 13 heavy (non-hydrogen) atoms. The number of hydrogen-bond acceptors (Lipinski definition) is 3. The van der Waals surface area contributed by atoms with Gasteiger partial charge in [0.2, 0.25) is 5.91 Å². The molecular formula is C8H14BrNO3. The van der Waals surface area contributed by atoms with E-state index in [1.54, 1.807) is 13.8 Å². The van der Waals surface area contributed by atoms with Crippen LogP contribution in [0.3, 0.4) is 0 Å². The van der Waals surface area contributed by atoms with Crippen LogP contribution in [0.5, 0.6) is 0 Å². The van der Waals surface area contributed by atoms with Crippen LogP contribution < -0.4 is 5.32 Å². The molecule has 0 spiro atoms.